The van der Waals surface area contributed by atoms with Crippen LogP contribution in [0.4, 0.5) is 10.5 Å². The van der Waals surface area contributed by atoms with E-state index in [0.717, 1.165) is 6.42 Å². The first-order valence-electron chi connectivity index (χ1n) is 14.1. The van der Waals surface area contributed by atoms with E-state index in [0.29, 0.717) is 43.5 Å². The second-order valence-corrected chi connectivity index (χ2v) is 10.3. The topological polar surface area (TPSA) is 235 Å². The SMILES string of the molecule is CC(C)[C@H](NC(=O)CCC(=O)NCCCCCC(N)=O)C(=O)N[C@@H](CCCNC(N)=O)C(=O)Nc1ccc(CO)cc1. The first-order valence-corrected chi connectivity index (χ1v) is 14.1. The van der Waals surface area contributed by atoms with Gasteiger partial charge in [-0.15, -0.1) is 0 Å². The van der Waals surface area contributed by atoms with Crippen molar-refractivity contribution in [3.63, 3.8) is 0 Å². The number of benzene rings is 1. The van der Waals surface area contributed by atoms with Gasteiger partial charge in [-0.2, -0.15) is 0 Å². The molecule has 0 radical (unpaired) electrons. The number of anilines is 1. The summed E-state index contributed by atoms with van der Waals surface area (Å²) >= 11 is 0. The monoisotopic (exact) mass is 591 g/mol. The fourth-order valence-corrected chi connectivity index (χ4v) is 3.90. The van der Waals surface area contributed by atoms with Crippen LogP contribution in [0.15, 0.2) is 24.3 Å². The van der Waals surface area contributed by atoms with Crippen molar-refractivity contribution in [3.8, 4) is 0 Å². The minimum Gasteiger partial charge on any atom is -0.392 e. The summed E-state index contributed by atoms with van der Waals surface area (Å²) in [6.45, 7) is 3.95. The number of amides is 7. The molecule has 14 heteroatoms. The molecule has 0 fully saturated rings. The third kappa shape index (κ3) is 15.6. The van der Waals surface area contributed by atoms with Crippen LogP contribution in [0, 0.1) is 5.92 Å². The summed E-state index contributed by atoms with van der Waals surface area (Å²) in [6.07, 6.45) is 2.70. The Morgan fingerprint density at radius 3 is 2.00 bits per heavy atom. The molecule has 0 saturated heterocycles. The zero-order valence-electron chi connectivity index (χ0n) is 24.4. The highest BCUT2D eigenvalue weighted by Crippen LogP contribution is 2.12. The Balaban J connectivity index is 2.70. The highest BCUT2D eigenvalue weighted by Gasteiger charge is 2.29. The minimum atomic E-state index is -0.989. The average molecular weight is 592 g/mol. The molecule has 10 N–H and O–H groups in total. The van der Waals surface area contributed by atoms with Gasteiger partial charge in [0.25, 0.3) is 0 Å². The summed E-state index contributed by atoms with van der Waals surface area (Å²) in [5.74, 6) is -2.55. The van der Waals surface area contributed by atoms with Crippen LogP contribution in [0.25, 0.3) is 0 Å². The molecule has 1 rings (SSSR count). The molecule has 0 heterocycles. The molecular formula is C28H45N7O7. The van der Waals surface area contributed by atoms with Crippen molar-refractivity contribution in [3.05, 3.63) is 29.8 Å². The molecular weight excluding hydrogens is 546 g/mol. The van der Waals surface area contributed by atoms with Gasteiger partial charge < -0.3 is 43.2 Å². The quantitative estimate of drug-likeness (QED) is 0.0975. The summed E-state index contributed by atoms with van der Waals surface area (Å²) in [7, 11) is 0. The van der Waals surface area contributed by atoms with Crippen molar-refractivity contribution >= 4 is 41.3 Å². The van der Waals surface area contributed by atoms with E-state index in [-0.39, 0.29) is 50.1 Å². The van der Waals surface area contributed by atoms with Crippen molar-refractivity contribution in [2.45, 2.75) is 83.9 Å². The molecule has 0 aromatic heterocycles. The van der Waals surface area contributed by atoms with Gasteiger partial charge in [-0.05, 0) is 49.3 Å². The zero-order valence-corrected chi connectivity index (χ0v) is 24.4. The number of aliphatic hydroxyl groups excluding tert-OH is 1. The first kappa shape index (κ1) is 35.8. The number of aliphatic hydroxyl groups is 1. The Kier molecular flexibility index (Phi) is 16.9. The summed E-state index contributed by atoms with van der Waals surface area (Å²) in [5.41, 5.74) is 11.3. The van der Waals surface area contributed by atoms with Crippen LogP contribution in [0.1, 0.15) is 70.8 Å². The fourth-order valence-electron chi connectivity index (χ4n) is 3.90. The average Bonchev–Trinajstić information content (AvgIpc) is 2.93. The molecule has 1 aromatic rings. The smallest absolute Gasteiger partial charge is 0.312 e. The van der Waals surface area contributed by atoms with Gasteiger partial charge in [0.05, 0.1) is 6.61 Å². The number of unbranched alkanes of at least 4 members (excludes halogenated alkanes) is 2. The molecule has 42 heavy (non-hydrogen) atoms. The van der Waals surface area contributed by atoms with Crippen LogP contribution in [0.2, 0.25) is 0 Å². The molecule has 0 saturated carbocycles. The maximum absolute atomic E-state index is 13.2. The molecule has 234 valence electrons. The van der Waals surface area contributed by atoms with Gasteiger partial charge in [0.1, 0.15) is 12.1 Å². The highest BCUT2D eigenvalue weighted by atomic mass is 16.3. The molecule has 0 aliphatic rings. The third-order valence-corrected chi connectivity index (χ3v) is 6.27. The maximum atomic E-state index is 13.2. The molecule has 0 bridgehead atoms. The van der Waals surface area contributed by atoms with Gasteiger partial charge in [0.15, 0.2) is 0 Å². The van der Waals surface area contributed by atoms with Crippen LogP contribution in [-0.4, -0.2) is 65.8 Å². The Bertz CT molecular complexity index is 1050. The van der Waals surface area contributed by atoms with E-state index in [4.69, 9.17) is 11.5 Å². The molecule has 0 unspecified atom stereocenters. The maximum Gasteiger partial charge on any atom is 0.312 e. The molecule has 7 amide bonds. The van der Waals surface area contributed by atoms with Gasteiger partial charge in [-0.25, -0.2) is 4.79 Å². The van der Waals surface area contributed by atoms with Crippen LogP contribution < -0.4 is 38.1 Å². The summed E-state index contributed by atoms with van der Waals surface area (Å²) < 4.78 is 0. The number of nitrogens with one attached hydrogen (secondary N) is 5. The van der Waals surface area contributed by atoms with Gasteiger partial charge >= 0.3 is 6.03 Å². The second kappa shape index (κ2) is 19.8. The number of primary amides is 2. The van der Waals surface area contributed by atoms with E-state index >= 15 is 0 Å². The van der Waals surface area contributed by atoms with E-state index < -0.39 is 35.8 Å². The van der Waals surface area contributed by atoms with Crippen molar-refractivity contribution in [2.75, 3.05) is 18.4 Å². The third-order valence-electron chi connectivity index (χ3n) is 6.27. The lowest BCUT2D eigenvalue weighted by molar-refractivity contribution is -0.132. The number of urea groups is 1. The second-order valence-electron chi connectivity index (χ2n) is 10.3. The predicted molar refractivity (Wildman–Crippen MR) is 156 cm³/mol. The van der Waals surface area contributed by atoms with E-state index in [2.05, 4.69) is 26.6 Å². The molecule has 0 spiro atoms. The van der Waals surface area contributed by atoms with Crippen LogP contribution in [-0.2, 0) is 30.6 Å². The summed E-state index contributed by atoms with van der Waals surface area (Å²) in [4.78, 5) is 72.6. The Hall–Kier alpha value is -4.20. The summed E-state index contributed by atoms with van der Waals surface area (Å²) in [5, 5.41) is 22.4. The lowest BCUT2D eigenvalue weighted by atomic mass is 10.0. The number of rotatable bonds is 20. The lowest BCUT2D eigenvalue weighted by Crippen LogP contribution is -2.54. The molecule has 14 nitrogen and oxygen atoms in total. The Morgan fingerprint density at radius 2 is 1.40 bits per heavy atom. The number of hydrogen-bond acceptors (Lipinski definition) is 7. The van der Waals surface area contributed by atoms with Crippen LogP contribution in [0.5, 0.6) is 0 Å². The first-order chi connectivity index (χ1) is 19.9. The Morgan fingerprint density at radius 1 is 0.762 bits per heavy atom. The molecule has 0 aliphatic heterocycles. The predicted octanol–water partition coefficient (Wildman–Crippen LogP) is 0.134. The number of carbonyl (C=O) groups excluding carboxylic acids is 6. The van der Waals surface area contributed by atoms with Crippen molar-refractivity contribution in [1.82, 2.24) is 21.3 Å². The fraction of sp³-hybridized carbons (Fsp3) is 0.571. The highest BCUT2D eigenvalue weighted by molar-refractivity contribution is 5.98. The number of hydrogen-bond donors (Lipinski definition) is 8. The normalized spacial score (nSPS) is 12.1. The number of carbonyl (C=O) groups is 6. The van der Waals surface area contributed by atoms with Crippen LogP contribution in [0.3, 0.4) is 0 Å². The zero-order chi connectivity index (χ0) is 31.5. The van der Waals surface area contributed by atoms with Gasteiger partial charge in [-0.3, -0.25) is 24.0 Å². The van der Waals surface area contributed by atoms with E-state index in [1.54, 1.807) is 38.1 Å². The molecule has 1 aromatic carbocycles. The van der Waals surface area contributed by atoms with E-state index in [1.807, 2.05) is 0 Å². The van der Waals surface area contributed by atoms with Crippen molar-refractivity contribution in [2.24, 2.45) is 17.4 Å². The Labute approximate surface area is 246 Å². The molecule has 0 aliphatic carbocycles. The minimum absolute atomic E-state index is 0.0630. The van der Waals surface area contributed by atoms with Crippen LogP contribution >= 0.6 is 0 Å². The number of nitrogens with two attached hydrogens (primary N) is 2. The van der Waals surface area contributed by atoms with E-state index in [1.165, 1.54) is 0 Å². The van der Waals surface area contributed by atoms with E-state index in [9.17, 15) is 33.9 Å². The van der Waals surface area contributed by atoms with Gasteiger partial charge in [0, 0.05) is 38.0 Å². The van der Waals surface area contributed by atoms with Gasteiger partial charge in [0.2, 0.25) is 29.5 Å². The van der Waals surface area contributed by atoms with Crippen molar-refractivity contribution in [1.29, 1.82) is 0 Å². The van der Waals surface area contributed by atoms with Crippen molar-refractivity contribution < 1.29 is 33.9 Å². The van der Waals surface area contributed by atoms with Gasteiger partial charge in [-0.1, -0.05) is 32.4 Å². The standard InChI is InChI=1S/C28H45N7O7/c1-18(2)25(35-24(39)14-13-23(38)31-15-5-3-4-8-22(29)37)27(41)34-21(7-6-16-32-28(30)42)26(40)33-20-11-9-19(17-36)10-12-20/h9-12,18,21,25,36H,3-8,13-17H2,1-2H3,(H2,29,37)(H,31,38)(H,33,40)(H,34,41)(H,35,39)(H3,30,32,42)/t21-,25-/m0/s1. The summed E-state index contributed by atoms with van der Waals surface area (Å²) in [6, 6.07) is 3.88. The largest absolute Gasteiger partial charge is 0.392 e. The molecule has 2 atom stereocenters. The lowest BCUT2D eigenvalue weighted by Gasteiger charge is -2.25.